The number of hydrogen-bond donors (Lipinski definition) is 3. The molecule has 0 saturated carbocycles. The lowest BCUT2D eigenvalue weighted by atomic mass is 10.2. The highest BCUT2D eigenvalue weighted by Gasteiger charge is 2.24. The highest BCUT2D eigenvalue weighted by atomic mass is 127. The fourth-order valence-corrected chi connectivity index (χ4v) is 4.19. The lowest BCUT2D eigenvalue weighted by Crippen LogP contribution is -2.44. The van der Waals surface area contributed by atoms with Crippen molar-refractivity contribution in [2.24, 2.45) is 10.1 Å². The monoisotopic (exact) mass is 543 g/mol. The van der Waals surface area contributed by atoms with Gasteiger partial charge in [0.2, 0.25) is 10.0 Å². The van der Waals surface area contributed by atoms with E-state index in [1.54, 1.807) is 19.2 Å². The third kappa shape index (κ3) is 7.22. The molecule has 2 aromatic carbocycles. The molecule has 3 rings (SSSR count). The highest BCUT2D eigenvalue weighted by Crippen LogP contribution is 2.19. The first-order chi connectivity index (χ1) is 14.0. The second kappa shape index (κ2) is 11.6. The van der Waals surface area contributed by atoms with Gasteiger partial charge in [-0.1, -0.05) is 42.5 Å². The lowest BCUT2D eigenvalue weighted by Gasteiger charge is -2.25. The van der Waals surface area contributed by atoms with E-state index in [4.69, 9.17) is 5.14 Å². The third-order valence-corrected chi connectivity index (χ3v) is 6.05. The standard InChI is InChI=1S/C21H29N5O2S.HI/c1-23-21(24-14-18-9-5-11-20(13-18)29(22,27)28)25-15-19-10-6-12-26(19)16-17-7-3-2-4-8-17;/h2-5,7-9,11,13,19H,6,10,12,14-16H2,1H3,(H2,22,27,28)(H2,23,24,25);1H. The molecule has 4 N–H and O–H groups in total. The fraction of sp³-hybridized carbons (Fsp3) is 0.381. The Morgan fingerprint density at radius 1 is 1.13 bits per heavy atom. The van der Waals surface area contributed by atoms with Crippen LogP contribution < -0.4 is 15.8 Å². The summed E-state index contributed by atoms with van der Waals surface area (Å²) < 4.78 is 23.0. The maximum absolute atomic E-state index is 11.5. The minimum absolute atomic E-state index is 0. The summed E-state index contributed by atoms with van der Waals surface area (Å²) in [5, 5.41) is 11.8. The topological polar surface area (TPSA) is 99.8 Å². The van der Waals surface area contributed by atoms with Gasteiger partial charge in [-0.25, -0.2) is 13.6 Å². The summed E-state index contributed by atoms with van der Waals surface area (Å²) in [6, 6.07) is 17.6. The highest BCUT2D eigenvalue weighted by molar-refractivity contribution is 14.0. The van der Waals surface area contributed by atoms with Crippen LogP contribution in [0.15, 0.2) is 64.5 Å². The smallest absolute Gasteiger partial charge is 0.238 e. The first-order valence-electron chi connectivity index (χ1n) is 9.80. The summed E-state index contributed by atoms with van der Waals surface area (Å²) >= 11 is 0. The molecule has 1 unspecified atom stereocenters. The molecule has 0 aromatic heterocycles. The van der Waals surface area contributed by atoms with E-state index in [0.717, 1.165) is 31.6 Å². The van der Waals surface area contributed by atoms with Gasteiger partial charge >= 0.3 is 0 Å². The van der Waals surface area contributed by atoms with Gasteiger partial charge in [0.25, 0.3) is 0 Å². The summed E-state index contributed by atoms with van der Waals surface area (Å²) in [5.74, 6) is 0.692. The molecule has 1 heterocycles. The largest absolute Gasteiger partial charge is 0.355 e. The van der Waals surface area contributed by atoms with Crippen LogP contribution >= 0.6 is 24.0 Å². The molecule has 0 bridgehead atoms. The Balaban J connectivity index is 0.00000320. The molecule has 1 atom stereocenters. The third-order valence-electron chi connectivity index (χ3n) is 5.14. The molecule has 0 spiro atoms. The van der Waals surface area contributed by atoms with Gasteiger partial charge in [-0.15, -0.1) is 24.0 Å². The van der Waals surface area contributed by atoms with Crippen molar-refractivity contribution in [1.82, 2.24) is 15.5 Å². The van der Waals surface area contributed by atoms with Crippen LogP contribution in [0.25, 0.3) is 0 Å². The maximum Gasteiger partial charge on any atom is 0.238 e. The van der Waals surface area contributed by atoms with Gasteiger partial charge in [-0.3, -0.25) is 9.89 Å². The van der Waals surface area contributed by atoms with E-state index < -0.39 is 10.0 Å². The van der Waals surface area contributed by atoms with Crippen molar-refractivity contribution in [1.29, 1.82) is 0 Å². The Morgan fingerprint density at radius 2 is 1.87 bits per heavy atom. The zero-order valence-electron chi connectivity index (χ0n) is 17.1. The van der Waals surface area contributed by atoms with Gasteiger partial charge in [0.05, 0.1) is 4.90 Å². The van der Waals surface area contributed by atoms with E-state index >= 15 is 0 Å². The van der Waals surface area contributed by atoms with Gasteiger partial charge in [0, 0.05) is 32.7 Å². The van der Waals surface area contributed by atoms with Crippen LogP contribution in [0, 0.1) is 0 Å². The minimum Gasteiger partial charge on any atom is -0.355 e. The molecule has 0 amide bonds. The Bertz CT molecular complexity index is 937. The normalized spacial score (nSPS) is 17.4. The molecule has 0 radical (unpaired) electrons. The van der Waals surface area contributed by atoms with Crippen LogP contribution in [0.1, 0.15) is 24.0 Å². The zero-order valence-corrected chi connectivity index (χ0v) is 20.3. The second-order valence-corrected chi connectivity index (χ2v) is 8.81. The van der Waals surface area contributed by atoms with E-state index in [1.165, 1.54) is 18.1 Å². The van der Waals surface area contributed by atoms with Crippen molar-refractivity contribution in [2.45, 2.75) is 36.9 Å². The van der Waals surface area contributed by atoms with Crippen molar-refractivity contribution in [2.75, 3.05) is 20.1 Å². The number of nitrogens with two attached hydrogens (primary N) is 1. The molecule has 2 aromatic rings. The van der Waals surface area contributed by atoms with E-state index in [1.807, 2.05) is 12.1 Å². The minimum atomic E-state index is -3.70. The number of nitrogens with one attached hydrogen (secondary N) is 2. The Hall–Kier alpha value is -1.69. The number of benzene rings is 2. The van der Waals surface area contributed by atoms with Gasteiger partial charge in [0.15, 0.2) is 5.96 Å². The van der Waals surface area contributed by atoms with Gasteiger partial charge in [-0.2, -0.15) is 0 Å². The summed E-state index contributed by atoms with van der Waals surface area (Å²) in [5.41, 5.74) is 2.16. The molecular formula is C21H30IN5O2S. The van der Waals surface area contributed by atoms with Crippen LogP contribution in [0.5, 0.6) is 0 Å². The molecule has 164 valence electrons. The Labute approximate surface area is 196 Å². The van der Waals surface area contributed by atoms with Gasteiger partial charge in [0.1, 0.15) is 0 Å². The maximum atomic E-state index is 11.5. The summed E-state index contributed by atoms with van der Waals surface area (Å²) in [4.78, 5) is 6.90. The van der Waals surface area contributed by atoms with E-state index in [2.05, 4.69) is 44.8 Å². The average Bonchev–Trinajstić information content (AvgIpc) is 3.15. The number of halogens is 1. The van der Waals surface area contributed by atoms with Crippen molar-refractivity contribution in [3.8, 4) is 0 Å². The molecule has 1 aliphatic rings. The van der Waals surface area contributed by atoms with Crippen LogP contribution in [0.3, 0.4) is 0 Å². The van der Waals surface area contributed by atoms with Crippen molar-refractivity contribution in [3.63, 3.8) is 0 Å². The molecule has 1 fully saturated rings. The van der Waals surface area contributed by atoms with Crippen molar-refractivity contribution in [3.05, 3.63) is 65.7 Å². The molecule has 1 aliphatic heterocycles. The SMILES string of the molecule is CN=C(NCc1cccc(S(N)(=O)=O)c1)NCC1CCCN1Cc1ccccc1.I. The van der Waals surface area contributed by atoms with E-state index in [0.29, 0.717) is 18.5 Å². The number of hydrogen-bond acceptors (Lipinski definition) is 4. The number of aliphatic imine (C=N–C) groups is 1. The first kappa shape index (κ1) is 24.6. The number of nitrogens with zero attached hydrogens (tertiary/aromatic N) is 2. The van der Waals surface area contributed by atoms with Crippen LogP contribution in [-0.2, 0) is 23.1 Å². The number of primary sulfonamides is 1. The Kier molecular flexibility index (Phi) is 9.53. The van der Waals surface area contributed by atoms with Crippen LogP contribution in [-0.4, -0.2) is 45.5 Å². The average molecular weight is 543 g/mol. The molecule has 7 nitrogen and oxygen atoms in total. The predicted molar refractivity (Wildman–Crippen MR) is 131 cm³/mol. The lowest BCUT2D eigenvalue weighted by molar-refractivity contribution is 0.245. The van der Waals surface area contributed by atoms with Crippen molar-refractivity contribution < 1.29 is 8.42 Å². The van der Waals surface area contributed by atoms with Gasteiger partial charge in [-0.05, 0) is 42.6 Å². The molecule has 30 heavy (non-hydrogen) atoms. The predicted octanol–water partition coefficient (Wildman–Crippen LogP) is 2.28. The van der Waals surface area contributed by atoms with Crippen molar-refractivity contribution >= 4 is 40.0 Å². The van der Waals surface area contributed by atoms with E-state index in [-0.39, 0.29) is 28.9 Å². The molecule has 1 saturated heterocycles. The second-order valence-electron chi connectivity index (χ2n) is 7.25. The van der Waals surface area contributed by atoms with Crippen LogP contribution in [0.2, 0.25) is 0 Å². The number of likely N-dealkylation sites (tertiary alicyclic amines) is 1. The summed E-state index contributed by atoms with van der Waals surface area (Å²) in [6.45, 7) is 3.33. The van der Waals surface area contributed by atoms with E-state index in [9.17, 15) is 8.42 Å². The van der Waals surface area contributed by atoms with Crippen LogP contribution in [0.4, 0.5) is 0 Å². The first-order valence-corrected chi connectivity index (χ1v) is 11.3. The number of rotatable bonds is 7. The number of sulfonamides is 1. The summed E-state index contributed by atoms with van der Waals surface area (Å²) in [7, 11) is -1.97. The fourth-order valence-electron chi connectivity index (χ4n) is 3.61. The zero-order chi connectivity index (χ0) is 20.7. The molecule has 0 aliphatic carbocycles. The Morgan fingerprint density at radius 3 is 2.57 bits per heavy atom. The van der Waals surface area contributed by atoms with Gasteiger partial charge < -0.3 is 10.6 Å². The summed E-state index contributed by atoms with van der Waals surface area (Å²) in [6.07, 6.45) is 2.36. The molecule has 9 heteroatoms. The number of guanidine groups is 1. The molecular weight excluding hydrogens is 513 g/mol. The quantitative estimate of drug-likeness (QED) is 0.283.